The molecular weight excluding hydrogens is 294 g/mol. The van der Waals surface area contributed by atoms with E-state index >= 15 is 0 Å². The highest BCUT2D eigenvalue weighted by Gasteiger charge is 2.27. The average Bonchev–Trinajstić information content (AvgIpc) is 3.00. The van der Waals surface area contributed by atoms with E-state index in [4.69, 9.17) is 14.2 Å². The fourth-order valence-corrected chi connectivity index (χ4v) is 3.66. The van der Waals surface area contributed by atoms with Crippen molar-refractivity contribution >= 4 is 10.0 Å². The molecule has 0 bridgehead atoms. The van der Waals surface area contributed by atoms with Gasteiger partial charge in [-0.3, -0.25) is 0 Å². The lowest BCUT2D eigenvalue weighted by atomic mass is 10.1. The number of ether oxygens (including phenoxy) is 3. The first-order chi connectivity index (χ1) is 9.97. The van der Waals surface area contributed by atoms with Gasteiger partial charge in [0.15, 0.2) is 11.5 Å². The first-order valence-corrected chi connectivity index (χ1v) is 8.32. The maximum absolute atomic E-state index is 12.4. The number of sulfonamides is 1. The molecule has 0 spiro atoms. The van der Waals surface area contributed by atoms with Crippen LogP contribution in [0.25, 0.3) is 0 Å². The van der Waals surface area contributed by atoms with Crippen molar-refractivity contribution < 1.29 is 22.6 Å². The minimum absolute atomic E-state index is 0.0695. The maximum Gasteiger partial charge on any atom is 0.241 e. The summed E-state index contributed by atoms with van der Waals surface area (Å²) in [6.45, 7) is 2.50. The second-order valence-corrected chi connectivity index (χ2v) is 6.69. The number of methoxy groups -OCH3 is 2. The van der Waals surface area contributed by atoms with Crippen molar-refractivity contribution in [1.82, 2.24) is 4.72 Å². The SMILES string of the molecule is COc1ccc(S(=O)(=O)N[C@H](C)[C@H]2CCCO2)cc1OC. The van der Waals surface area contributed by atoms with E-state index in [1.165, 1.54) is 26.4 Å². The lowest BCUT2D eigenvalue weighted by Crippen LogP contribution is -2.40. The van der Waals surface area contributed by atoms with Gasteiger partial charge in [-0.25, -0.2) is 13.1 Å². The van der Waals surface area contributed by atoms with E-state index in [9.17, 15) is 8.42 Å². The summed E-state index contributed by atoms with van der Waals surface area (Å²) in [6, 6.07) is 4.24. The first-order valence-electron chi connectivity index (χ1n) is 6.84. The van der Waals surface area contributed by atoms with Crippen LogP contribution in [0.1, 0.15) is 19.8 Å². The molecule has 0 aliphatic carbocycles. The second kappa shape index (κ2) is 6.64. The summed E-state index contributed by atoms with van der Waals surface area (Å²) in [4.78, 5) is 0.144. The molecule has 0 saturated carbocycles. The molecule has 1 aliphatic heterocycles. The molecule has 1 aromatic carbocycles. The fourth-order valence-electron chi connectivity index (χ4n) is 2.37. The summed E-state index contributed by atoms with van der Waals surface area (Å²) in [5.74, 6) is 0.869. The molecular formula is C14H21NO5S. The molecule has 0 unspecified atom stereocenters. The van der Waals surface area contributed by atoms with Crippen molar-refractivity contribution in [3.63, 3.8) is 0 Å². The molecule has 1 aliphatic rings. The summed E-state index contributed by atoms with van der Waals surface area (Å²) in [5, 5.41) is 0. The minimum atomic E-state index is -3.62. The van der Waals surface area contributed by atoms with Crippen molar-refractivity contribution in [2.24, 2.45) is 0 Å². The molecule has 0 amide bonds. The van der Waals surface area contributed by atoms with Gasteiger partial charge in [0.25, 0.3) is 0 Å². The molecule has 1 saturated heterocycles. The fraction of sp³-hybridized carbons (Fsp3) is 0.571. The molecule has 1 heterocycles. The zero-order valence-electron chi connectivity index (χ0n) is 12.5. The second-order valence-electron chi connectivity index (χ2n) is 4.98. The zero-order chi connectivity index (χ0) is 15.5. The number of hydrogen-bond acceptors (Lipinski definition) is 5. The maximum atomic E-state index is 12.4. The molecule has 6 nitrogen and oxygen atoms in total. The Morgan fingerprint density at radius 1 is 1.29 bits per heavy atom. The van der Waals surface area contributed by atoms with Crippen LogP contribution in [-0.2, 0) is 14.8 Å². The Labute approximate surface area is 125 Å². The average molecular weight is 315 g/mol. The Balaban J connectivity index is 2.18. The molecule has 0 radical (unpaired) electrons. The van der Waals surface area contributed by atoms with Crippen LogP contribution in [0.4, 0.5) is 0 Å². The Morgan fingerprint density at radius 2 is 2.00 bits per heavy atom. The summed E-state index contributed by atoms with van der Waals surface area (Å²) < 4.78 is 43.2. The van der Waals surface area contributed by atoms with E-state index in [1.54, 1.807) is 6.07 Å². The van der Waals surface area contributed by atoms with Gasteiger partial charge >= 0.3 is 0 Å². The molecule has 2 rings (SSSR count). The lowest BCUT2D eigenvalue weighted by molar-refractivity contribution is 0.0902. The van der Waals surface area contributed by atoms with Crippen LogP contribution in [0.15, 0.2) is 23.1 Å². The molecule has 1 aromatic rings. The predicted molar refractivity (Wildman–Crippen MR) is 78.3 cm³/mol. The number of rotatable bonds is 6. The quantitative estimate of drug-likeness (QED) is 0.862. The van der Waals surface area contributed by atoms with Crippen LogP contribution in [0.2, 0.25) is 0 Å². The standard InChI is InChI=1S/C14H21NO5S/c1-10(12-5-4-8-20-12)15-21(16,17)11-6-7-13(18-2)14(9-11)19-3/h6-7,9-10,12,15H,4-5,8H2,1-3H3/t10-,12-/m1/s1. The molecule has 21 heavy (non-hydrogen) atoms. The van der Waals surface area contributed by atoms with Crippen molar-refractivity contribution in [2.75, 3.05) is 20.8 Å². The predicted octanol–water partition coefficient (Wildman–Crippen LogP) is 1.55. The van der Waals surface area contributed by atoms with Gasteiger partial charge < -0.3 is 14.2 Å². The summed E-state index contributed by atoms with van der Waals surface area (Å²) in [6.07, 6.45) is 1.77. The van der Waals surface area contributed by atoms with E-state index in [1.807, 2.05) is 6.92 Å². The minimum Gasteiger partial charge on any atom is -0.493 e. The molecule has 7 heteroatoms. The van der Waals surface area contributed by atoms with Crippen LogP contribution in [0.5, 0.6) is 11.5 Å². The monoisotopic (exact) mass is 315 g/mol. The Hall–Kier alpha value is -1.31. The zero-order valence-corrected chi connectivity index (χ0v) is 13.3. The third kappa shape index (κ3) is 3.66. The number of nitrogens with one attached hydrogen (secondary N) is 1. The van der Waals surface area contributed by atoms with Crippen LogP contribution < -0.4 is 14.2 Å². The molecule has 2 atom stereocenters. The van der Waals surface area contributed by atoms with Gasteiger partial charge in [0.1, 0.15) is 0 Å². The third-order valence-electron chi connectivity index (χ3n) is 3.53. The Morgan fingerprint density at radius 3 is 2.57 bits per heavy atom. The van der Waals surface area contributed by atoms with Crippen molar-refractivity contribution in [3.05, 3.63) is 18.2 Å². The van der Waals surface area contributed by atoms with Gasteiger partial charge in [-0.2, -0.15) is 0 Å². The molecule has 1 N–H and O–H groups in total. The van der Waals surface area contributed by atoms with Crippen molar-refractivity contribution in [3.8, 4) is 11.5 Å². The Bertz CT molecular complexity index is 581. The lowest BCUT2D eigenvalue weighted by Gasteiger charge is -2.20. The smallest absolute Gasteiger partial charge is 0.241 e. The topological polar surface area (TPSA) is 73.9 Å². The summed E-state index contributed by atoms with van der Waals surface area (Å²) in [7, 11) is -0.647. The molecule has 118 valence electrons. The van der Waals surface area contributed by atoms with Gasteiger partial charge in [0, 0.05) is 18.7 Å². The van der Waals surface area contributed by atoms with E-state index in [2.05, 4.69) is 4.72 Å². The van der Waals surface area contributed by atoms with Crippen LogP contribution in [0.3, 0.4) is 0 Å². The van der Waals surface area contributed by atoms with Gasteiger partial charge in [0.05, 0.1) is 25.2 Å². The van der Waals surface area contributed by atoms with E-state index in [0.29, 0.717) is 18.1 Å². The van der Waals surface area contributed by atoms with E-state index < -0.39 is 10.0 Å². The molecule has 0 aromatic heterocycles. The van der Waals surface area contributed by atoms with Crippen molar-refractivity contribution in [2.45, 2.75) is 36.8 Å². The van der Waals surface area contributed by atoms with Gasteiger partial charge in [-0.15, -0.1) is 0 Å². The van der Waals surface area contributed by atoms with Crippen LogP contribution in [-0.4, -0.2) is 41.4 Å². The third-order valence-corrected chi connectivity index (χ3v) is 5.09. The summed E-state index contributed by atoms with van der Waals surface area (Å²) >= 11 is 0. The Kier molecular flexibility index (Phi) is 5.08. The number of hydrogen-bond donors (Lipinski definition) is 1. The van der Waals surface area contributed by atoms with Gasteiger partial charge in [-0.1, -0.05) is 0 Å². The largest absolute Gasteiger partial charge is 0.493 e. The summed E-state index contributed by atoms with van der Waals surface area (Å²) in [5.41, 5.74) is 0. The first kappa shape index (κ1) is 16.1. The van der Waals surface area contributed by atoms with Crippen molar-refractivity contribution in [1.29, 1.82) is 0 Å². The van der Waals surface area contributed by atoms with Gasteiger partial charge in [0.2, 0.25) is 10.0 Å². The highest BCUT2D eigenvalue weighted by Crippen LogP contribution is 2.29. The highest BCUT2D eigenvalue weighted by atomic mass is 32.2. The highest BCUT2D eigenvalue weighted by molar-refractivity contribution is 7.89. The van der Waals surface area contributed by atoms with Crippen LogP contribution in [0, 0.1) is 0 Å². The molecule has 1 fully saturated rings. The normalized spacial score (nSPS) is 20.2. The van der Waals surface area contributed by atoms with Gasteiger partial charge in [-0.05, 0) is 31.9 Å². The van der Waals surface area contributed by atoms with Crippen LogP contribution >= 0.6 is 0 Å². The van der Waals surface area contributed by atoms with E-state index in [0.717, 1.165) is 12.8 Å². The number of benzene rings is 1. The van der Waals surface area contributed by atoms with E-state index in [-0.39, 0.29) is 17.0 Å².